The van der Waals surface area contributed by atoms with Crippen molar-refractivity contribution >= 4 is 11.6 Å². The Labute approximate surface area is 80.8 Å². The highest BCUT2D eigenvalue weighted by molar-refractivity contribution is 6.30. The summed E-state index contributed by atoms with van der Waals surface area (Å²) in [5, 5.41) is 9.99. The average molecular weight is 204 g/mol. The van der Waals surface area contributed by atoms with E-state index in [9.17, 15) is 5.11 Å². The summed E-state index contributed by atoms with van der Waals surface area (Å²) in [6, 6.07) is 3.07. The molecule has 0 radical (unpaired) electrons. The van der Waals surface area contributed by atoms with Gasteiger partial charge in [-0.15, -0.1) is 0 Å². The fraction of sp³-hybridized carbons (Fsp3) is 0.250. The number of rotatable bonds is 3. The number of aromatic hydroxyl groups is 1. The normalized spacial score (nSPS) is 10.1. The highest BCUT2D eigenvalue weighted by Crippen LogP contribution is 2.33. The maximum atomic E-state index is 9.53. The Balaban J connectivity index is 3.11. The minimum atomic E-state index is -0.00245. The van der Waals surface area contributed by atoms with Gasteiger partial charge in [-0.25, -0.2) is 5.90 Å². The first-order valence-electron chi connectivity index (χ1n) is 3.56. The van der Waals surface area contributed by atoms with Gasteiger partial charge in [0.2, 0.25) is 0 Å². The Morgan fingerprint density at radius 3 is 2.77 bits per heavy atom. The lowest BCUT2D eigenvalue weighted by molar-refractivity contribution is 0.122. The summed E-state index contributed by atoms with van der Waals surface area (Å²) in [7, 11) is 1.44. The second-order valence-electron chi connectivity index (χ2n) is 2.43. The first-order valence-corrected chi connectivity index (χ1v) is 3.94. The monoisotopic (exact) mass is 203 g/mol. The van der Waals surface area contributed by atoms with Crippen molar-refractivity contribution < 1.29 is 14.7 Å². The van der Waals surface area contributed by atoms with Gasteiger partial charge in [-0.2, -0.15) is 0 Å². The van der Waals surface area contributed by atoms with Crippen LogP contribution in [0, 0.1) is 0 Å². The Bertz CT molecular complexity index is 304. The van der Waals surface area contributed by atoms with Crippen molar-refractivity contribution in [2.24, 2.45) is 5.90 Å². The van der Waals surface area contributed by atoms with Crippen molar-refractivity contribution in [2.75, 3.05) is 7.11 Å². The van der Waals surface area contributed by atoms with Crippen LogP contribution in [0.15, 0.2) is 12.1 Å². The van der Waals surface area contributed by atoms with Crippen molar-refractivity contribution in [3.8, 4) is 11.5 Å². The zero-order chi connectivity index (χ0) is 9.84. The van der Waals surface area contributed by atoms with Crippen LogP contribution in [0.3, 0.4) is 0 Å². The quantitative estimate of drug-likeness (QED) is 0.730. The van der Waals surface area contributed by atoms with Gasteiger partial charge in [-0.3, -0.25) is 4.84 Å². The standard InChI is InChI=1S/C8H10ClNO3/c1-12-7-3-6(9)2-5(4-13-10)8(7)11/h2-3,11H,4,10H2,1H3. The fourth-order valence-corrected chi connectivity index (χ4v) is 1.21. The molecule has 1 aromatic rings. The summed E-state index contributed by atoms with van der Waals surface area (Å²) in [6.07, 6.45) is 0. The lowest BCUT2D eigenvalue weighted by Gasteiger charge is -2.08. The van der Waals surface area contributed by atoms with Gasteiger partial charge in [0.05, 0.1) is 13.7 Å². The molecule has 0 unspecified atom stereocenters. The van der Waals surface area contributed by atoms with Crippen molar-refractivity contribution in [3.63, 3.8) is 0 Å². The number of phenols is 1. The molecule has 0 aliphatic carbocycles. The highest BCUT2D eigenvalue weighted by Gasteiger charge is 2.09. The highest BCUT2D eigenvalue weighted by atomic mass is 35.5. The number of hydrogen-bond acceptors (Lipinski definition) is 4. The number of ether oxygens (including phenoxy) is 1. The van der Waals surface area contributed by atoms with Gasteiger partial charge < -0.3 is 9.84 Å². The third-order valence-electron chi connectivity index (χ3n) is 1.58. The lowest BCUT2D eigenvalue weighted by Crippen LogP contribution is -1.99. The largest absolute Gasteiger partial charge is 0.504 e. The molecule has 0 fully saturated rings. The summed E-state index contributed by atoms with van der Waals surface area (Å²) in [5.74, 6) is 5.18. The summed E-state index contributed by atoms with van der Waals surface area (Å²) in [4.78, 5) is 4.39. The van der Waals surface area contributed by atoms with Crippen LogP contribution in [0.4, 0.5) is 0 Å². The van der Waals surface area contributed by atoms with Crippen LogP contribution in [0.2, 0.25) is 5.02 Å². The van der Waals surface area contributed by atoms with E-state index >= 15 is 0 Å². The molecule has 3 N–H and O–H groups in total. The fourth-order valence-electron chi connectivity index (χ4n) is 0.984. The Morgan fingerprint density at radius 2 is 2.23 bits per heavy atom. The molecule has 0 saturated carbocycles. The van der Waals surface area contributed by atoms with E-state index in [2.05, 4.69) is 4.84 Å². The first-order chi connectivity index (χ1) is 6.19. The molecule has 1 aromatic carbocycles. The molecule has 0 heterocycles. The molecule has 4 nitrogen and oxygen atoms in total. The maximum absolute atomic E-state index is 9.53. The third-order valence-corrected chi connectivity index (χ3v) is 1.80. The van der Waals surface area contributed by atoms with E-state index in [1.807, 2.05) is 0 Å². The van der Waals surface area contributed by atoms with E-state index in [-0.39, 0.29) is 12.4 Å². The van der Waals surface area contributed by atoms with E-state index in [1.165, 1.54) is 13.2 Å². The summed E-state index contributed by atoms with van der Waals surface area (Å²) < 4.78 is 4.88. The van der Waals surface area contributed by atoms with Gasteiger partial charge in [-0.1, -0.05) is 11.6 Å². The lowest BCUT2D eigenvalue weighted by atomic mass is 10.2. The molecule has 0 atom stereocenters. The topological polar surface area (TPSA) is 64.7 Å². The van der Waals surface area contributed by atoms with Crippen LogP contribution in [-0.4, -0.2) is 12.2 Å². The summed E-state index contributed by atoms with van der Waals surface area (Å²) >= 11 is 5.75. The maximum Gasteiger partial charge on any atom is 0.163 e. The van der Waals surface area contributed by atoms with Gasteiger partial charge in [0, 0.05) is 16.7 Å². The van der Waals surface area contributed by atoms with Crippen LogP contribution < -0.4 is 10.6 Å². The third kappa shape index (κ3) is 2.24. The van der Waals surface area contributed by atoms with Crippen molar-refractivity contribution in [1.29, 1.82) is 0 Å². The molecule has 0 saturated heterocycles. The molecule has 1 rings (SSSR count). The molecule has 0 aliphatic heterocycles. The number of benzene rings is 1. The molecule has 13 heavy (non-hydrogen) atoms. The van der Waals surface area contributed by atoms with E-state index in [1.54, 1.807) is 6.07 Å². The molecule has 0 amide bonds. The van der Waals surface area contributed by atoms with E-state index in [0.717, 1.165) is 0 Å². The molecule has 0 aliphatic rings. The second kappa shape index (κ2) is 4.32. The molecular formula is C8H10ClNO3. The average Bonchev–Trinajstić information content (AvgIpc) is 2.11. The zero-order valence-electron chi connectivity index (χ0n) is 7.08. The van der Waals surface area contributed by atoms with Crippen LogP contribution in [0.5, 0.6) is 11.5 Å². The molecule has 72 valence electrons. The smallest absolute Gasteiger partial charge is 0.163 e. The van der Waals surface area contributed by atoms with Crippen molar-refractivity contribution in [2.45, 2.75) is 6.61 Å². The molecule has 0 spiro atoms. The van der Waals surface area contributed by atoms with Gasteiger partial charge >= 0.3 is 0 Å². The number of methoxy groups -OCH3 is 1. The summed E-state index contributed by atoms with van der Waals surface area (Å²) in [6.45, 7) is 0.0861. The van der Waals surface area contributed by atoms with Gasteiger partial charge in [0.1, 0.15) is 0 Å². The SMILES string of the molecule is COc1cc(Cl)cc(CON)c1O. The number of nitrogens with two attached hydrogens (primary N) is 1. The van der Waals surface area contributed by atoms with Gasteiger partial charge in [0.25, 0.3) is 0 Å². The molecular weight excluding hydrogens is 194 g/mol. The minimum Gasteiger partial charge on any atom is -0.504 e. The predicted octanol–water partition coefficient (Wildman–Crippen LogP) is 1.44. The molecule has 0 bridgehead atoms. The van der Waals surface area contributed by atoms with Crippen LogP contribution >= 0.6 is 11.6 Å². The van der Waals surface area contributed by atoms with E-state index in [0.29, 0.717) is 16.3 Å². The molecule has 0 aromatic heterocycles. The Hall–Kier alpha value is -0.970. The predicted molar refractivity (Wildman–Crippen MR) is 48.6 cm³/mol. The minimum absolute atomic E-state index is 0.00245. The first kappa shape index (κ1) is 10.1. The molecule has 5 heteroatoms. The number of hydrogen-bond donors (Lipinski definition) is 2. The van der Waals surface area contributed by atoms with Crippen molar-refractivity contribution in [1.82, 2.24) is 0 Å². The van der Waals surface area contributed by atoms with Crippen LogP contribution in [0.1, 0.15) is 5.56 Å². The van der Waals surface area contributed by atoms with Crippen molar-refractivity contribution in [3.05, 3.63) is 22.7 Å². The van der Waals surface area contributed by atoms with E-state index < -0.39 is 0 Å². The Kier molecular flexibility index (Phi) is 3.36. The second-order valence-corrected chi connectivity index (χ2v) is 2.86. The Morgan fingerprint density at radius 1 is 1.54 bits per heavy atom. The summed E-state index contributed by atoms with van der Waals surface area (Å²) in [5.41, 5.74) is 0.492. The number of phenolic OH excluding ortho intramolecular Hbond substituents is 1. The van der Waals surface area contributed by atoms with Crippen LogP contribution in [-0.2, 0) is 11.4 Å². The zero-order valence-corrected chi connectivity index (χ0v) is 7.84. The van der Waals surface area contributed by atoms with Gasteiger partial charge in [0.15, 0.2) is 11.5 Å². The van der Waals surface area contributed by atoms with Gasteiger partial charge in [-0.05, 0) is 6.07 Å². The number of halogens is 1. The van der Waals surface area contributed by atoms with Crippen LogP contribution in [0.25, 0.3) is 0 Å². The van der Waals surface area contributed by atoms with E-state index in [4.69, 9.17) is 22.2 Å².